The Morgan fingerprint density at radius 2 is 0.816 bits per heavy atom. The maximum Gasteiger partial charge on any atom is 0.160 e. The minimum absolute atomic E-state index is 0.703. The number of hydrogen-bond acceptors (Lipinski definition) is 3. The average molecular weight is 627 g/mol. The van der Waals surface area contributed by atoms with Crippen LogP contribution in [0.2, 0.25) is 0 Å². The highest BCUT2D eigenvalue weighted by molar-refractivity contribution is 6.09. The SMILES string of the molecule is c1ccc(-c2nc(-c3ccc(-c4ccc(-c5ccccn5)cc4)cc3)cc(-c3ccc(-n4c5ccccc5c5ccccc54)cc3)n2)cc1. The van der Waals surface area contributed by atoms with Crippen molar-refractivity contribution in [2.75, 3.05) is 0 Å². The summed E-state index contributed by atoms with van der Waals surface area (Å²) in [4.78, 5) is 14.6. The van der Waals surface area contributed by atoms with Crippen molar-refractivity contribution in [2.45, 2.75) is 0 Å². The van der Waals surface area contributed by atoms with Crippen LogP contribution in [0.15, 0.2) is 182 Å². The van der Waals surface area contributed by atoms with E-state index in [0.717, 1.165) is 56.1 Å². The summed E-state index contributed by atoms with van der Waals surface area (Å²) in [6.07, 6.45) is 1.83. The fourth-order valence-electron chi connectivity index (χ4n) is 6.64. The summed E-state index contributed by atoms with van der Waals surface area (Å²) in [7, 11) is 0. The molecule has 0 bridgehead atoms. The Morgan fingerprint density at radius 3 is 1.37 bits per heavy atom. The molecule has 4 nitrogen and oxygen atoms in total. The van der Waals surface area contributed by atoms with E-state index in [1.807, 2.05) is 42.6 Å². The number of nitrogens with zero attached hydrogens (tertiary/aromatic N) is 4. The summed E-state index contributed by atoms with van der Waals surface area (Å²) in [5.41, 5.74) is 12.7. The monoisotopic (exact) mass is 626 g/mol. The fraction of sp³-hybridized carbons (Fsp3) is 0. The van der Waals surface area contributed by atoms with Crippen LogP contribution >= 0.6 is 0 Å². The van der Waals surface area contributed by atoms with Gasteiger partial charge in [0.1, 0.15) is 0 Å². The summed E-state index contributed by atoms with van der Waals surface area (Å²) < 4.78 is 2.34. The summed E-state index contributed by atoms with van der Waals surface area (Å²) in [5.74, 6) is 0.703. The maximum atomic E-state index is 5.07. The van der Waals surface area contributed by atoms with Crippen LogP contribution in [0.1, 0.15) is 0 Å². The highest BCUT2D eigenvalue weighted by Gasteiger charge is 2.14. The third-order valence-electron chi connectivity index (χ3n) is 9.12. The number of para-hydroxylation sites is 2. The van der Waals surface area contributed by atoms with Gasteiger partial charge in [0.25, 0.3) is 0 Å². The van der Waals surface area contributed by atoms with Crippen LogP contribution in [0.25, 0.3) is 83.8 Å². The normalized spacial score (nSPS) is 11.3. The van der Waals surface area contributed by atoms with Crippen LogP contribution in [-0.4, -0.2) is 19.5 Å². The number of fused-ring (bicyclic) bond motifs is 3. The topological polar surface area (TPSA) is 43.6 Å². The molecule has 0 aliphatic carbocycles. The van der Waals surface area contributed by atoms with Crippen LogP contribution < -0.4 is 0 Å². The van der Waals surface area contributed by atoms with Crippen LogP contribution in [0, 0.1) is 0 Å². The summed E-state index contributed by atoms with van der Waals surface area (Å²) in [6.45, 7) is 0. The van der Waals surface area contributed by atoms with Gasteiger partial charge in [0, 0.05) is 44.9 Å². The maximum absolute atomic E-state index is 5.07. The van der Waals surface area contributed by atoms with Crippen molar-refractivity contribution < 1.29 is 0 Å². The first-order valence-electron chi connectivity index (χ1n) is 16.4. The van der Waals surface area contributed by atoms with E-state index in [1.165, 1.54) is 21.8 Å². The molecule has 0 amide bonds. The van der Waals surface area contributed by atoms with Gasteiger partial charge in [-0.05, 0) is 53.6 Å². The molecule has 4 heteroatoms. The smallest absolute Gasteiger partial charge is 0.160 e. The van der Waals surface area contributed by atoms with E-state index in [9.17, 15) is 0 Å². The Labute approximate surface area is 284 Å². The van der Waals surface area contributed by atoms with E-state index in [2.05, 4.69) is 149 Å². The second-order valence-electron chi connectivity index (χ2n) is 12.1. The molecule has 0 aliphatic rings. The van der Waals surface area contributed by atoms with E-state index < -0.39 is 0 Å². The molecular weight excluding hydrogens is 597 g/mol. The van der Waals surface area contributed by atoms with Gasteiger partial charge in [-0.15, -0.1) is 0 Å². The van der Waals surface area contributed by atoms with Crippen LogP contribution in [0.3, 0.4) is 0 Å². The Morgan fingerprint density at radius 1 is 0.347 bits per heavy atom. The largest absolute Gasteiger partial charge is 0.309 e. The Kier molecular flexibility index (Phi) is 7.10. The first kappa shape index (κ1) is 28.6. The Bertz CT molecular complexity index is 2500. The number of hydrogen-bond donors (Lipinski definition) is 0. The standard InChI is InChI=1S/C45H30N4/c1-2-10-36(11-3-1)45-47-41(34-23-19-32(20-24-34)31-17-21-33(22-18-31)40-14-8-9-29-46-40)30-42(48-45)35-25-27-37(28-26-35)49-43-15-6-4-12-38(43)39-13-5-7-16-44(39)49/h1-30H. The van der Waals surface area contributed by atoms with Gasteiger partial charge >= 0.3 is 0 Å². The zero-order valence-electron chi connectivity index (χ0n) is 26.6. The summed E-state index contributed by atoms with van der Waals surface area (Å²) >= 11 is 0. The molecule has 0 aliphatic heterocycles. The second kappa shape index (κ2) is 12.2. The highest BCUT2D eigenvalue weighted by atomic mass is 15.0. The molecule has 0 saturated heterocycles. The number of aromatic nitrogens is 4. The van der Waals surface area contributed by atoms with Crippen LogP contribution in [-0.2, 0) is 0 Å². The van der Waals surface area contributed by atoms with Crippen LogP contribution in [0.5, 0.6) is 0 Å². The minimum atomic E-state index is 0.703. The van der Waals surface area contributed by atoms with Gasteiger partial charge in [-0.2, -0.15) is 0 Å². The summed E-state index contributed by atoms with van der Waals surface area (Å²) in [6, 6.07) is 61.3. The van der Waals surface area contributed by atoms with E-state index in [0.29, 0.717) is 5.82 Å². The van der Waals surface area contributed by atoms with E-state index >= 15 is 0 Å². The average Bonchev–Trinajstić information content (AvgIpc) is 3.53. The molecule has 0 unspecified atom stereocenters. The molecule has 0 radical (unpaired) electrons. The zero-order chi connectivity index (χ0) is 32.6. The third-order valence-corrected chi connectivity index (χ3v) is 9.12. The lowest BCUT2D eigenvalue weighted by Gasteiger charge is -2.12. The van der Waals surface area contributed by atoms with Crippen molar-refractivity contribution >= 4 is 21.8 Å². The van der Waals surface area contributed by atoms with Gasteiger partial charge in [0.2, 0.25) is 0 Å². The second-order valence-corrected chi connectivity index (χ2v) is 12.1. The first-order chi connectivity index (χ1) is 24.3. The van der Waals surface area contributed by atoms with Crippen LogP contribution in [0.4, 0.5) is 0 Å². The number of rotatable bonds is 6. The van der Waals surface area contributed by atoms with Gasteiger partial charge < -0.3 is 4.57 Å². The molecule has 9 aromatic rings. The molecule has 230 valence electrons. The van der Waals surface area contributed by atoms with Gasteiger partial charge in [0.15, 0.2) is 5.82 Å². The van der Waals surface area contributed by atoms with Gasteiger partial charge in [-0.1, -0.05) is 133 Å². The van der Waals surface area contributed by atoms with Crippen molar-refractivity contribution in [3.05, 3.63) is 182 Å². The summed E-state index contributed by atoms with van der Waals surface area (Å²) in [5, 5.41) is 2.50. The van der Waals surface area contributed by atoms with E-state index in [4.69, 9.17) is 9.97 Å². The van der Waals surface area contributed by atoms with Crippen molar-refractivity contribution in [3.8, 4) is 62.0 Å². The van der Waals surface area contributed by atoms with E-state index in [1.54, 1.807) is 0 Å². The molecule has 6 aromatic carbocycles. The molecule has 3 aromatic heterocycles. The van der Waals surface area contributed by atoms with E-state index in [-0.39, 0.29) is 0 Å². The predicted molar refractivity (Wildman–Crippen MR) is 201 cm³/mol. The zero-order valence-corrected chi connectivity index (χ0v) is 26.6. The van der Waals surface area contributed by atoms with Crippen molar-refractivity contribution in [1.29, 1.82) is 0 Å². The quantitative estimate of drug-likeness (QED) is 0.184. The molecule has 0 saturated carbocycles. The molecule has 49 heavy (non-hydrogen) atoms. The Balaban J connectivity index is 1.08. The Hall–Kier alpha value is -6.65. The molecule has 0 atom stereocenters. The number of benzene rings is 6. The minimum Gasteiger partial charge on any atom is -0.309 e. The lowest BCUT2D eigenvalue weighted by atomic mass is 10.00. The number of pyridine rings is 1. The van der Waals surface area contributed by atoms with Crippen molar-refractivity contribution in [3.63, 3.8) is 0 Å². The van der Waals surface area contributed by atoms with Gasteiger partial charge in [-0.25, -0.2) is 9.97 Å². The molecule has 0 spiro atoms. The lowest BCUT2D eigenvalue weighted by molar-refractivity contribution is 1.17. The van der Waals surface area contributed by atoms with Crippen molar-refractivity contribution in [1.82, 2.24) is 19.5 Å². The molecule has 9 rings (SSSR count). The van der Waals surface area contributed by atoms with Gasteiger partial charge in [-0.3, -0.25) is 4.98 Å². The fourth-order valence-corrected chi connectivity index (χ4v) is 6.64. The molecular formula is C45H30N4. The lowest BCUT2D eigenvalue weighted by Crippen LogP contribution is -1.97. The predicted octanol–water partition coefficient (Wildman–Crippen LogP) is 11.3. The highest BCUT2D eigenvalue weighted by Crippen LogP contribution is 2.34. The third kappa shape index (κ3) is 5.35. The van der Waals surface area contributed by atoms with Gasteiger partial charge in [0.05, 0.1) is 28.1 Å². The van der Waals surface area contributed by atoms with Crippen molar-refractivity contribution in [2.24, 2.45) is 0 Å². The molecule has 0 N–H and O–H groups in total. The molecule has 3 heterocycles. The molecule has 0 fully saturated rings. The first-order valence-corrected chi connectivity index (χ1v) is 16.4.